The first kappa shape index (κ1) is 14.4. The molecule has 0 aromatic carbocycles. The number of nitrogens with zero attached hydrogens (tertiary/aromatic N) is 2. The second-order valence-corrected chi connectivity index (χ2v) is 6.23. The summed E-state index contributed by atoms with van der Waals surface area (Å²) in [5.74, 6) is 1.65. The van der Waals surface area contributed by atoms with Crippen molar-refractivity contribution >= 4 is 17.7 Å². The Morgan fingerprint density at radius 2 is 2.11 bits per heavy atom. The van der Waals surface area contributed by atoms with Gasteiger partial charge in [0.25, 0.3) is 0 Å². The maximum absolute atomic E-state index is 12.3. The lowest BCUT2D eigenvalue weighted by Crippen LogP contribution is -2.48. The molecule has 1 aliphatic rings. The minimum Gasteiger partial charge on any atom is -0.337 e. The van der Waals surface area contributed by atoms with E-state index in [-0.39, 0.29) is 5.91 Å². The summed E-state index contributed by atoms with van der Waals surface area (Å²) in [5, 5.41) is 0. The number of thioether (sulfide) groups is 1. The fourth-order valence-electron chi connectivity index (χ4n) is 2.71. The van der Waals surface area contributed by atoms with Crippen molar-refractivity contribution < 1.29 is 4.79 Å². The highest BCUT2D eigenvalue weighted by Gasteiger charge is 2.28. The Balaban J connectivity index is 1.80. The van der Waals surface area contributed by atoms with E-state index in [1.807, 2.05) is 18.2 Å². The molecule has 0 saturated carbocycles. The number of amides is 1. The quantitative estimate of drug-likeness (QED) is 0.848. The first-order valence-electron chi connectivity index (χ1n) is 6.97. The molecule has 2 atom stereocenters. The van der Waals surface area contributed by atoms with Crippen molar-refractivity contribution in [3.63, 3.8) is 0 Å². The predicted molar refractivity (Wildman–Crippen MR) is 80.0 cm³/mol. The van der Waals surface area contributed by atoms with Crippen molar-refractivity contribution in [2.24, 2.45) is 0 Å². The molecule has 2 rings (SSSR count). The lowest BCUT2D eigenvalue weighted by atomic mass is 9.98. The summed E-state index contributed by atoms with van der Waals surface area (Å²) < 4.78 is 0. The zero-order valence-corrected chi connectivity index (χ0v) is 12.5. The van der Waals surface area contributed by atoms with E-state index in [2.05, 4.69) is 23.7 Å². The van der Waals surface area contributed by atoms with Gasteiger partial charge in [-0.25, -0.2) is 0 Å². The van der Waals surface area contributed by atoms with Crippen LogP contribution in [-0.4, -0.2) is 33.6 Å². The van der Waals surface area contributed by atoms with Crippen LogP contribution in [0, 0.1) is 0 Å². The molecule has 1 amide bonds. The summed E-state index contributed by atoms with van der Waals surface area (Å²) in [5.41, 5.74) is 1.04. The van der Waals surface area contributed by atoms with Gasteiger partial charge in [0, 0.05) is 24.0 Å². The molecule has 19 heavy (non-hydrogen) atoms. The Kier molecular flexibility index (Phi) is 5.25. The number of rotatable bonds is 4. The summed E-state index contributed by atoms with van der Waals surface area (Å²) in [6.07, 6.45) is 5.32. The van der Waals surface area contributed by atoms with Gasteiger partial charge >= 0.3 is 0 Å². The van der Waals surface area contributed by atoms with E-state index in [1.54, 1.807) is 18.0 Å². The maximum atomic E-state index is 12.3. The number of pyridine rings is 1. The van der Waals surface area contributed by atoms with E-state index in [4.69, 9.17) is 0 Å². The summed E-state index contributed by atoms with van der Waals surface area (Å²) in [6.45, 7) is 4.33. The molecular weight excluding hydrogens is 256 g/mol. The molecule has 3 nitrogen and oxygen atoms in total. The zero-order valence-electron chi connectivity index (χ0n) is 11.7. The van der Waals surface area contributed by atoms with E-state index in [9.17, 15) is 4.79 Å². The number of aromatic nitrogens is 1. The van der Waals surface area contributed by atoms with Crippen molar-refractivity contribution in [2.75, 3.05) is 5.75 Å². The smallest absolute Gasteiger partial charge is 0.233 e. The van der Waals surface area contributed by atoms with Gasteiger partial charge in [-0.1, -0.05) is 6.07 Å². The second kappa shape index (κ2) is 6.94. The van der Waals surface area contributed by atoms with Gasteiger partial charge in [0.2, 0.25) is 5.91 Å². The summed E-state index contributed by atoms with van der Waals surface area (Å²) in [7, 11) is 0. The Hall–Kier alpha value is -1.03. The molecule has 0 radical (unpaired) electrons. The largest absolute Gasteiger partial charge is 0.337 e. The monoisotopic (exact) mass is 278 g/mol. The molecule has 0 spiro atoms. The zero-order chi connectivity index (χ0) is 13.7. The van der Waals surface area contributed by atoms with E-state index < -0.39 is 0 Å². The highest BCUT2D eigenvalue weighted by atomic mass is 32.2. The molecule has 104 valence electrons. The number of hydrogen-bond acceptors (Lipinski definition) is 3. The SMILES string of the molecule is CC1CCCC(C)N1C(=O)CSCc1ccccn1. The average Bonchev–Trinajstić information content (AvgIpc) is 2.40. The van der Waals surface area contributed by atoms with Crippen LogP contribution in [0.25, 0.3) is 0 Å². The Morgan fingerprint density at radius 1 is 1.37 bits per heavy atom. The molecule has 0 aliphatic carbocycles. The Morgan fingerprint density at radius 3 is 2.74 bits per heavy atom. The molecule has 0 N–H and O–H groups in total. The van der Waals surface area contributed by atoms with E-state index in [0.29, 0.717) is 17.8 Å². The molecule has 1 aromatic heterocycles. The van der Waals surface area contributed by atoms with Gasteiger partial charge in [-0.15, -0.1) is 11.8 Å². The normalized spacial score (nSPS) is 23.4. The third-order valence-corrected chi connectivity index (χ3v) is 4.63. The van der Waals surface area contributed by atoms with Gasteiger partial charge in [0.1, 0.15) is 0 Å². The van der Waals surface area contributed by atoms with Crippen LogP contribution in [-0.2, 0) is 10.5 Å². The molecule has 4 heteroatoms. The number of hydrogen-bond donors (Lipinski definition) is 0. The van der Waals surface area contributed by atoms with Gasteiger partial charge in [0.15, 0.2) is 0 Å². The van der Waals surface area contributed by atoms with Crippen LogP contribution in [0.15, 0.2) is 24.4 Å². The van der Waals surface area contributed by atoms with E-state index in [0.717, 1.165) is 24.3 Å². The number of carbonyl (C=O) groups excluding carboxylic acids is 1. The van der Waals surface area contributed by atoms with Gasteiger partial charge in [-0.3, -0.25) is 9.78 Å². The van der Waals surface area contributed by atoms with Gasteiger partial charge in [-0.2, -0.15) is 0 Å². The molecule has 2 heterocycles. The fraction of sp³-hybridized carbons (Fsp3) is 0.600. The first-order valence-corrected chi connectivity index (χ1v) is 8.12. The minimum absolute atomic E-state index is 0.278. The molecule has 2 unspecified atom stereocenters. The fourth-order valence-corrected chi connectivity index (χ4v) is 3.52. The van der Waals surface area contributed by atoms with Gasteiger partial charge in [0.05, 0.1) is 11.4 Å². The molecule has 1 fully saturated rings. The van der Waals surface area contributed by atoms with Gasteiger partial charge < -0.3 is 4.90 Å². The third kappa shape index (κ3) is 3.96. The lowest BCUT2D eigenvalue weighted by Gasteiger charge is -2.39. The first-order chi connectivity index (χ1) is 9.18. The van der Waals surface area contributed by atoms with Crippen molar-refractivity contribution in [3.8, 4) is 0 Å². The summed E-state index contributed by atoms with van der Waals surface area (Å²) in [6, 6.07) is 6.69. The number of likely N-dealkylation sites (tertiary alicyclic amines) is 1. The summed E-state index contributed by atoms with van der Waals surface area (Å²) >= 11 is 1.66. The Bertz CT molecular complexity index is 400. The van der Waals surface area contributed by atoms with Crippen molar-refractivity contribution in [3.05, 3.63) is 30.1 Å². The third-order valence-electron chi connectivity index (χ3n) is 3.68. The van der Waals surface area contributed by atoms with Gasteiger partial charge in [-0.05, 0) is 45.2 Å². The molecule has 1 aliphatic heterocycles. The van der Waals surface area contributed by atoms with Crippen molar-refractivity contribution in [2.45, 2.75) is 50.9 Å². The Labute approximate surface area is 119 Å². The van der Waals surface area contributed by atoms with Crippen LogP contribution < -0.4 is 0 Å². The van der Waals surface area contributed by atoms with Crippen LogP contribution in [0.2, 0.25) is 0 Å². The van der Waals surface area contributed by atoms with Crippen LogP contribution in [0.4, 0.5) is 0 Å². The van der Waals surface area contributed by atoms with Crippen LogP contribution in [0.5, 0.6) is 0 Å². The second-order valence-electron chi connectivity index (χ2n) is 5.24. The van der Waals surface area contributed by atoms with E-state index in [1.165, 1.54) is 6.42 Å². The van der Waals surface area contributed by atoms with Crippen molar-refractivity contribution in [1.82, 2.24) is 9.88 Å². The molecular formula is C15H22N2OS. The van der Waals surface area contributed by atoms with Crippen LogP contribution in [0.3, 0.4) is 0 Å². The van der Waals surface area contributed by atoms with Crippen molar-refractivity contribution in [1.29, 1.82) is 0 Å². The molecule has 0 bridgehead atoms. The van der Waals surface area contributed by atoms with Crippen LogP contribution in [0.1, 0.15) is 38.8 Å². The summed E-state index contributed by atoms with van der Waals surface area (Å²) in [4.78, 5) is 18.6. The molecule has 1 aromatic rings. The maximum Gasteiger partial charge on any atom is 0.233 e. The highest BCUT2D eigenvalue weighted by molar-refractivity contribution is 7.99. The average molecular weight is 278 g/mol. The predicted octanol–water partition coefficient (Wildman–Crippen LogP) is 3.10. The molecule has 1 saturated heterocycles. The number of carbonyl (C=O) groups is 1. The topological polar surface area (TPSA) is 33.2 Å². The van der Waals surface area contributed by atoms with E-state index >= 15 is 0 Å². The minimum atomic E-state index is 0.278. The standard InChI is InChI=1S/C15H22N2OS/c1-12-6-5-7-13(2)17(12)15(18)11-19-10-14-8-3-4-9-16-14/h3-4,8-9,12-13H,5-7,10-11H2,1-2H3. The highest BCUT2D eigenvalue weighted by Crippen LogP contribution is 2.23. The van der Waals surface area contributed by atoms with Crippen LogP contribution >= 0.6 is 11.8 Å². The lowest BCUT2D eigenvalue weighted by molar-refractivity contribution is -0.134. The number of piperidine rings is 1.